The quantitative estimate of drug-likeness (QED) is 0.127. The Balaban J connectivity index is 1.20. The fourth-order valence-corrected chi connectivity index (χ4v) is 9.57. The predicted octanol–water partition coefficient (Wildman–Crippen LogP) is 5.43. The molecule has 8 nitrogen and oxygen atoms in total. The molecule has 3 bridgehead atoms. The lowest BCUT2D eigenvalue weighted by Crippen LogP contribution is -2.72. The monoisotopic (exact) mass is 614 g/mol. The van der Waals surface area contributed by atoms with Gasteiger partial charge < -0.3 is 34.3 Å². The number of ketones is 1. The van der Waals surface area contributed by atoms with Crippen LogP contribution in [0.25, 0.3) is 0 Å². The molecule has 2 saturated carbocycles. The second kappa shape index (κ2) is 11.7. The first-order chi connectivity index (χ1) is 21.0. The molecule has 0 spiro atoms. The largest absolute Gasteiger partial charge is 0.393 e. The second-order valence-corrected chi connectivity index (χ2v) is 14.8. The van der Waals surface area contributed by atoms with Crippen LogP contribution in [0.4, 0.5) is 0 Å². The molecular formula is C36H54O8. The van der Waals surface area contributed by atoms with Gasteiger partial charge >= 0.3 is 5.97 Å². The van der Waals surface area contributed by atoms with E-state index in [0.717, 1.165) is 18.4 Å². The van der Waals surface area contributed by atoms with Gasteiger partial charge in [0.25, 0.3) is 0 Å². The number of ether oxygens (including phenoxy) is 4. The summed E-state index contributed by atoms with van der Waals surface area (Å²) in [6.07, 6.45) is 18.3. The van der Waals surface area contributed by atoms with E-state index < -0.39 is 70.9 Å². The third-order valence-electron chi connectivity index (χ3n) is 12.0. The second-order valence-electron chi connectivity index (χ2n) is 14.8. The molecule has 8 heteroatoms. The minimum Gasteiger partial charge on any atom is -0.393 e. The van der Waals surface area contributed by atoms with Gasteiger partial charge in [0.1, 0.15) is 29.5 Å². The predicted molar refractivity (Wildman–Crippen MR) is 165 cm³/mol. The van der Waals surface area contributed by atoms with Crippen LogP contribution in [0.1, 0.15) is 111 Å². The van der Waals surface area contributed by atoms with E-state index >= 15 is 0 Å². The van der Waals surface area contributed by atoms with Gasteiger partial charge in [-0.05, 0) is 50.2 Å². The van der Waals surface area contributed by atoms with E-state index in [9.17, 15) is 20.1 Å². The first-order valence-corrected chi connectivity index (χ1v) is 17.3. The molecule has 6 rings (SSSR count). The zero-order valence-electron chi connectivity index (χ0n) is 27.2. The van der Waals surface area contributed by atoms with Crippen LogP contribution in [-0.2, 0) is 23.7 Å². The number of aliphatic hydroxyl groups is 3. The topological polar surface area (TPSA) is 118 Å². The maximum absolute atomic E-state index is 13.6. The number of fused-ring (bicyclic) bond motifs is 3. The van der Waals surface area contributed by atoms with Crippen molar-refractivity contribution in [3.05, 3.63) is 36.0 Å². The van der Waals surface area contributed by atoms with Gasteiger partial charge in [-0.15, -0.1) is 0 Å². The molecule has 3 saturated heterocycles. The first-order valence-electron chi connectivity index (χ1n) is 17.3. The Labute approximate surface area is 262 Å². The highest BCUT2D eigenvalue weighted by Crippen LogP contribution is 2.72. The number of hydrogen-bond acceptors (Lipinski definition) is 8. The van der Waals surface area contributed by atoms with Crippen molar-refractivity contribution >= 4 is 5.78 Å². The summed E-state index contributed by atoms with van der Waals surface area (Å²) < 4.78 is 26.7. The van der Waals surface area contributed by atoms with Crippen LogP contribution in [0.3, 0.4) is 0 Å². The number of rotatable bonds is 15. The molecule has 5 unspecified atom stereocenters. The van der Waals surface area contributed by atoms with Crippen molar-refractivity contribution in [2.24, 2.45) is 17.8 Å². The zero-order chi connectivity index (χ0) is 31.5. The van der Waals surface area contributed by atoms with E-state index in [2.05, 4.69) is 19.6 Å². The van der Waals surface area contributed by atoms with E-state index in [1.54, 1.807) is 13.0 Å². The minimum atomic E-state index is -2.20. The first kappa shape index (κ1) is 32.5. The van der Waals surface area contributed by atoms with Crippen LogP contribution in [0, 0.1) is 17.8 Å². The Kier molecular flexibility index (Phi) is 8.65. The van der Waals surface area contributed by atoms with Gasteiger partial charge in [0, 0.05) is 17.9 Å². The molecule has 3 N–H and O–H groups in total. The summed E-state index contributed by atoms with van der Waals surface area (Å²) in [6, 6.07) is 0. The molecule has 11 atom stereocenters. The Morgan fingerprint density at radius 2 is 1.66 bits per heavy atom. The summed E-state index contributed by atoms with van der Waals surface area (Å²) >= 11 is 0. The summed E-state index contributed by atoms with van der Waals surface area (Å²) in [6.45, 7) is 11.7. The molecule has 3 aliphatic carbocycles. The molecule has 3 aliphatic heterocycles. The van der Waals surface area contributed by atoms with Crippen molar-refractivity contribution in [3.8, 4) is 0 Å². The van der Waals surface area contributed by atoms with E-state index in [0.29, 0.717) is 12.0 Å². The number of aliphatic hydroxyl groups excluding tert-OH is 2. The highest BCUT2D eigenvalue weighted by Gasteiger charge is 2.88. The van der Waals surface area contributed by atoms with Gasteiger partial charge in [0.2, 0.25) is 0 Å². The van der Waals surface area contributed by atoms with E-state index in [1.807, 2.05) is 19.9 Å². The zero-order valence-corrected chi connectivity index (χ0v) is 27.2. The molecule has 0 aromatic rings. The highest BCUT2D eigenvalue weighted by molar-refractivity contribution is 6.05. The van der Waals surface area contributed by atoms with Gasteiger partial charge in [0.15, 0.2) is 11.4 Å². The number of Topliss-reactive ketones (excluding diaryl/α,β-unsaturated/α-hetero) is 1. The normalized spacial score (nSPS) is 46.5. The molecule has 44 heavy (non-hydrogen) atoms. The van der Waals surface area contributed by atoms with Crippen LogP contribution in [0.2, 0.25) is 0 Å². The highest BCUT2D eigenvalue weighted by atomic mass is 16.9. The van der Waals surface area contributed by atoms with Crippen LogP contribution in [0.15, 0.2) is 36.0 Å². The Bertz CT molecular complexity index is 1200. The smallest absolute Gasteiger partial charge is 0.306 e. The fraction of sp³-hybridized carbons (Fsp3) is 0.806. The van der Waals surface area contributed by atoms with E-state index in [-0.39, 0.29) is 5.92 Å². The number of epoxide rings is 1. The van der Waals surface area contributed by atoms with Gasteiger partial charge in [0.05, 0.1) is 12.2 Å². The summed E-state index contributed by atoms with van der Waals surface area (Å²) in [5, 5.41) is 34.3. The molecule has 3 heterocycles. The molecule has 0 radical (unpaired) electrons. The van der Waals surface area contributed by atoms with Crippen molar-refractivity contribution in [2.45, 2.75) is 158 Å². The Morgan fingerprint density at radius 3 is 2.27 bits per heavy atom. The van der Waals surface area contributed by atoms with Crippen molar-refractivity contribution in [1.29, 1.82) is 0 Å². The Hall–Kier alpha value is -1.39. The van der Waals surface area contributed by atoms with Crippen molar-refractivity contribution in [1.82, 2.24) is 0 Å². The lowest BCUT2D eigenvalue weighted by molar-refractivity contribution is -0.406. The van der Waals surface area contributed by atoms with E-state index in [4.69, 9.17) is 18.9 Å². The van der Waals surface area contributed by atoms with Gasteiger partial charge in [-0.2, -0.15) is 0 Å². The lowest BCUT2D eigenvalue weighted by Gasteiger charge is -2.59. The van der Waals surface area contributed by atoms with Gasteiger partial charge in [-0.25, -0.2) is 0 Å². The van der Waals surface area contributed by atoms with E-state index in [1.165, 1.54) is 64.2 Å². The molecule has 0 amide bonds. The number of carbonyl (C=O) groups is 1. The van der Waals surface area contributed by atoms with Gasteiger partial charge in [-0.3, -0.25) is 4.79 Å². The van der Waals surface area contributed by atoms with Crippen molar-refractivity contribution in [3.63, 3.8) is 0 Å². The van der Waals surface area contributed by atoms with Gasteiger partial charge in [-0.1, -0.05) is 96.8 Å². The summed E-state index contributed by atoms with van der Waals surface area (Å²) in [4.78, 5) is 13.6. The third-order valence-corrected chi connectivity index (χ3v) is 12.0. The van der Waals surface area contributed by atoms with Crippen LogP contribution < -0.4 is 0 Å². The molecule has 5 fully saturated rings. The number of hydrogen-bond donors (Lipinski definition) is 3. The maximum atomic E-state index is 13.6. The molecular weight excluding hydrogens is 560 g/mol. The minimum absolute atomic E-state index is 0.219. The fourth-order valence-electron chi connectivity index (χ4n) is 9.57. The molecule has 0 aromatic heterocycles. The number of unbranched alkanes of at least 4 members (excludes halogenated alkanes) is 11. The summed E-state index contributed by atoms with van der Waals surface area (Å²) in [5.74, 6) is -3.69. The standard InChI is InChI=1S/C36H54O8/c1-6-7-8-9-10-11-12-13-14-15-16-17-18-19-34-42-29-27-30-33(22-37,41-30)31(39)35(40)26(20-24(4)28(35)38)36(27,44-34)25(5)21-32(29,43-34)23(2)3/h18-20,25-27,29-31,37,39-40H,2,6-17,21-22H2,1,3-5H3/b19-18+/t25?,26-,27?,29?,30+,31-,32-,33+,34?,35-,36?/m1/s1. The third kappa shape index (κ3) is 4.53. The Morgan fingerprint density at radius 1 is 1.02 bits per heavy atom. The number of allylic oxidation sites excluding steroid dienone is 1. The lowest BCUT2D eigenvalue weighted by atomic mass is 9.54. The maximum Gasteiger partial charge on any atom is 0.306 e. The molecule has 6 aliphatic rings. The van der Waals surface area contributed by atoms with Crippen molar-refractivity contribution < 1.29 is 39.1 Å². The van der Waals surface area contributed by atoms with Crippen LogP contribution in [0.5, 0.6) is 0 Å². The van der Waals surface area contributed by atoms with Crippen molar-refractivity contribution in [2.75, 3.05) is 6.61 Å². The summed E-state index contributed by atoms with van der Waals surface area (Å²) in [5.41, 5.74) is -4.56. The average Bonchev–Trinajstić information content (AvgIpc) is 3.63. The SMILES string of the molecule is C=C(C)[C@]12CC(C)C34OC(/C=C/CCCCCCCCCCCCC)(OC1C3[C@@H]1O[C@]1(CO)[C@@H](O)[C@]1(O)C(=O)C(C)=C[C@@H]41)O2. The summed E-state index contributed by atoms with van der Waals surface area (Å²) in [7, 11) is 0. The molecule has 246 valence electrons. The molecule has 0 aromatic carbocycles. The number of carbonyl (C=O) groups excluding carboxylic acids is 1. The van der Waals surface area contributed by atoms with Crippen LogP contribution >= 0.6 is 0 Å². The van der Waals surface area contributed by atoms with Crippen LogP contribution in [-0.4, -0.2) is 74.4 Å². The average molecular weight is 615 g/mol.